The van der Waals surface area contributed by atoms with E-state index in [2.05, 4.69) is 5.64 Å². The highest BCUT2D eigenvalue weighted by Gasteiger charge is 2.22. The van der Waals surface area contributed by atoms with Crippen molar-refractivity contribution < 1.29 is 19.6 Å². The van der Waals surface area contributed by atoms with E-state index in [1.54, 1.807) is 24.3 Å². The van der Waals surface area contributed by atoms with Crippen LogP contribution in [0.1, 0.15) is 29.3 Å². The molecule has 0 fully saturated rings. The maximum absolute atomic E-state index is 12.2. The second-order valence-electron chi connectivity index (χ2n) is 4.93. The monoisotopic (exact) mass is 318 g/mol. The maximum Gasteiger partial charge on any atom is 0.340 e. The van der Waals surface area contributed by atoms with Gasteiger partial charge in [-0.3, -0.25) is 4.79 Å². The molecular formula is C16H18N2O5. The molecule has 0 saturated carbocycles. The molecule has 0 aliphatic carbocycles. The third kappa shape index (κ3) is 3.89. The van der Waals surface area contributed by atoms with Gasteiger partial charge >= 0.3 is 5.97 Å². The molecule has 0 saturated heterocycles. The van der Waals surface area contributed by atoms with Crippen molar-refractivity contribution in [1.29, 1.82) is 0 Å². The molecule has 0 bridgehead atoms. The second-order valence-corrected chi connectivity index (χ2v) is 4.93. The summed E-state index contributed by atoms with van der Waals surface area (Å²) in [4.78, 5) is 33.9. The van der Waals surface area contributed by atoms with Crippen LogP contribution in [0, 0.1) is 0 Å². The van der Waals surface area contributed by atoms with E-state index in [1.165, 1.54) is 17.8 Å². The second kappa shape index (κ2) is 7.46. The minimum absolute atomic E-state index is 0.154. The molecule has 122 valence electrons. The Morgan fingerprint density at radius 3 is 2.57 bits per heavy atom. The fraction of sp³-hybridized carbons (Fsp3) is 0.250. The van der Waals surface area contributed by atoms with Gasteiger partial charge in [-0.1, -0.05) is 31.5 Å². The normalized spacial score (nSPS) is 10.3. The van der Waals surface area contributed by atoms with Crippen molar-refractivity contribution in [2.24, 2.45) is 7.05 Å². The van der Waals surface area contributed by atoms with E-state index < -0.39 is 11.5 Å². The Hall–Kier alpha value is -2.80. The van der Waals surface area contributed by atoms with Gasteiger partial charge in [0.15, 0.2) is 5.75 Å². The lowest BCUT2D eigenvalue weighted by atomic mass is 10.1. The van der Waals surface area contributed by atoms with Crippen LogP contribution in [-0.4, -0.2) is 15.6 Å². The largest absolute Gasteiger partial charge is 0.478 e. The average Bonchev–Trinajstić information content (AvgIpc) is 2.53. The van der Waals surface area contributed by atoms with E-state index in [0.29, 0.717) is 17.7 Å². The quantitative estimate of drug-likeness (QED) is 0.758. The first-order chi connectivity index (χ1) is 11.0. The summed E-state index contributed by atoms with van der Waals surface area (Å²) in [5, 5.41) is 9.41. The number of nitrogens with one attached hydrogen (secondary N) is 1. The van der Waals surface area contributed by atoms with Gasteiger partial charge in [-0.2, -0.15) is 0 Å². The van der Waals surface area contributed by atoms with E-state index in [1.807, 2.05) is 13.0 Å². The number of aryl methyl sites for hydroxylation is 2. The molecule has 7 heteroatoms. The number of benzene rings is 1. The fourth-order valence-corrected chi connectivity index (χ4v) is 2.16. The molecular weight excluding hydrogens is 300 g/mol. The molecule has 7 nitrogen and oxygen atoms in total. The smallest absolute Gasteiger partial charge is 0.340 e. The highest BCUT2D eigenvalue weighted by Crippen LogP contribution is 2.19. The molecule has 2 N–H and O–H groups in total. The Labute approximate surface area is 133 Å². The molecule has 23 heavy (non-hydrogen) atoms. The minimum atomic E-state index is -1.22. The summed E-state index contributed by atoms with van der Waals surface area (Å²) in [6, 6.07) is 8.71. The van der Waals surface area contributed by atoms with Crippen molar-refractivity contribution in [3.63, 3.8) is 0 Å². The lowest BCUT2D eigenvalue weighted by Crippen LogP contribution is -2.31. The van der Waals surface area contributed by atoms with Gasteiger partial charge in [-0.25, -0.2) is 4.79 Å². The minimum Gasteiger partial charge on any atom is -0.478 e. The van der Waals surface area contributed by atoms with E-state index in [0.717, 1.165) is 6.42 Å². The first-order valence-corrected chi connectivity index (χ1v) is 7.14. The Morgan fingerprint density at radius 2 is 1.96 bits per heavy atom. The zero-order valence-corrected chi connectivity index (χ0v) is 12.9. The van der Waals surface area contributed by atoms with Gasteiger partial charge in [0.05, 0.1) is 0 Å². The van der Waals surface area contributed by atoms with Crippen molar-refractivity contribution >= 4 is 5.97 Å². The van der Waals surface area contributed by atoms with Crippen molar-refractivity contribution in [3.8, 4) is 11.5 Å². The van der Waals surface area contributed by atoms with Gasteiger partial charge < -0.3 is 19.3 Å². The topological polar surface area (TPSA) is 89.8 Å². The molecule has 2 aromatic rings. The predicted molar refractivity (Wildman–Crippen MR) is 83.5 cm³/mol. The molecule has 1 heterocycles. The molecule has 1 aromatic heterocycles. The van der Waals surface area contributed by atoms with Gasteiger partial charge in [0.25, 0.3) is 5.56 Å². The molecule has 2 rings (SSSR count). The zero-order chi connectivity index (χ0) is 16.8. The number of carboxylic acid groups (broad SMARTS) is 1. The SMILES string of the molecule is CCCc1cn(C)c(=O)c(ONOc2ccccc2)c1C(=O)O. The van der Waals surface area contributed by atoms with E-state index >= 15 is 0 Å². The Bertz CT molecular complexity index is 740. The van der Waals surface area contributed by atoms with E-state index in [-0.39, 0.29) is 11.3 Å². The molecule has 0 spiro atoms. The highest BCUT2D eigenvalue weighted by atomic mass is 16.9. The molecule has 0 amide bonds. The molecule has 0 unspecified atom stereocenters. The van der Waals surface area contributed by atoms with Crippen molar-refractivity contribution in [3.05, 3.63) is 58.0 Å². The summed E-state index contributed by atoms with van der Waals surface area (Å²) in [5.41, 5.74) is 1.98. The maximum atomic E-state index is 12.2. The third-order valence-electron chi connectivity index (χ3n) is 3.19. The van der Waals surface area contributed by atoms with Crippen molar-refractivity contribution in [2.75, 3.05) is 0 Å². The number of aromatic carboxylic acids is 1. The van der Waals surface area contributed by atoms with Crippen LogP contribution in [0.2, 0.25) is 0 Å². The highest BCUT2D eigenvalue weighted by molar-refractivity contribution is 5.92. The Balaban J connectivity index is 2.28. The number of pyridine rings is 1. The standard InChI is InChI=1S/C16H18N2O5/c1-3-7-11-10-18(2)15(19)14(13(11)16(20)21)23-17-22-12-8-5-4-6-9-12/h4-6,8-10,17H,3,7H2,1-2H3,(H,20,21). The van der Waals surface area contributed by atoms with Crippen LogP contribution < -0.4 is 20.9 Å². The molecule has 1 aromatic carbocycles. The number of nitrogens with zero attached hydrogens (tertiary/aromatic N) is 1. The number of aromatic nitrogens is 1. The first-order valence-electron chi connectivity index (χ1n) is 7.14. The lowest BCUT2D eigenvalue weighted by molar-refractivity contribution is -0.0214. The summed E-state index contributed by atoms with van der Waals surface area (Å²) >= 11 is 0. The third-order valence-corrected chi connectivity index (χ3v) is 3.19. The Kier molecular flexibility index (Phi) is 5.37. The lowest BCUT2D eigenvalue weighted by Gasteiger charge is -2.14. The van der Waals surface area contributed by atoms with Crippen LogP contribution in [0.5, 0.6) is 11.5 Å². The number of carboxylic acids is 1. The van der Waals surface area contributed by atoms with Crippen LogP contribution in [0.25, 0.3) is 0 Å². The van der Waals surface area contributed by atoms with Gasteiger partial charge in [-0.05, 0) is 24.1 Å². The van der Waals surface area contributed by atoms with E-state index in [4.69, 9.17) is 9.68 Å². The van der Waals surface area contributed by atoms with Crippen LogP contribution >= 0.6 is 0 Å². The molecule has 0 atom stereocenters. The van der Waals surface area contributed by atoms with Crippen molar-refractivity contribution in [2.45, 2.75) is 19.8 Å². The predicted octanol–water partition coefficient (Wildman–Crippen LogP) is 1.91. The summed E-state index contributed by atoms with van der Waals surface area (Å²) in [7, 11) is 1.54. The number of para-hydroxylation sites is 1. The number of hydrogen-bond acceptors (Lipinski definition) is 5. The van der Waals surface area contributed by atoms with Gasteiger partial charge in [0.2, 0.25) is 5.75 Å². The fourth-order valence-electron chi connectivity index (χ4n) is 2.16. The van der Waals surface area contributed by atoms with Gasteiger partial charge in [0, 0.05) is 18.9 Å². The molecule has 0 radical (unpaired) electrons. The molecule has 0 aliphatic heterocycles. The number of rotatable bonds is 7. The summed E-state index contributed by atoms with van der Waals surface area (Å²) in [5.74, 6) is -1.06. The van der Waals surface area contributed by atoms with E-state index in [9.17, 15) is 14.7 Å². The number of hydrogen-bond donors (Lipinski definition) is 2. The van der Waals surface area contributed by atoms with Crippen LogP contribution in [0.4, 0.5) is 0 Å². The van der Waals surface area contributed by atoms with Gasteiger partial charge in [0.1, 0.15) is 5.56 Å². The first kappa shape index (κ1) is 16.6. The summed E-state index contributed by atoms with van der Waals surface area (Å²) in [6.07, 6.45) is 2.78. The summed E-state index contributed by atoms with van der Waals surface area (Å²) in [6.45, 7) is 1.92. The Morgan fingerprint density at radius 1 is 1.26 bits per heavy atom. The van der Waals surface area contributed by atoms with Crippen molar-refractivity contribution in [1.82, 2.24) is 10.2 Å². The zero-order valence-electron chi connectivity index (χ0n) is 12.9. The van der Waals surface area contributed by atoms with Crippen LogP contribution in [0.15, 0.2) is 41.3 Å². The van der Waals surface area contributed by atoms with Crippen LogP contribution in [0.3, 0.4) is 0 Å². The van der Waals surface area contributed by atoms with Gasteiger partial charge in [-0.15, -0.1) is 0 Å². The average molecular weight is 318 g/mol. The number of carbonyl (C=O) groups is 1. The van der Waals surface area contributed by atoms with Crippen LogP contribution in [-0.2, 0) is 13.5 Å². The molecule has 0 aliphatic rings. The summed E-state index contributed by atoms with van der Waals surface area (Å²) < 4.78 is 1.29.